The van der Waals surface area contributed by atoms with Crippen molar-refractivity contribution in [1.82, 2.24) is 15.1 Å². The van der Waals surface area contributed by atoms with Crippen LogP contribution in [-0.4, -0.2) is 16.3 Å². The molecule has 5 heteroatoms. The van der Waals surface area contributed by atoms with Crippen molar-refractivity contribution in [3.8, 4) is 17.3 Å². The van der Waals surface area contributed by atoms with E-state index >= 15 is 0 Å². The topological polar surface area (TPSA) is 53.6 Å². The number of halogens is 1. The van der Waals surface area contributed by atoms with Gasteiger partial charge in [-0.3, -0.25) is 4.68 Å². The molecule has 4 nitrogen and oxygen atoms in total. The third kappa shape index (κ3) is 2.43. The van der Waals surface area contributed by atoms with Crippen LogP contribution in [0.15, 0.2) is 24.3 Å². The highest BCUT2D eigenvalue weighted by molar-refractivity contribution is 6.30. The Hall–Kier alpha value is -1.83. The third-order valence-corrected chi connectivity index (χ3v) is 3.81. The first-order valence-electron chi connectivity index (χ1n) is 6.72. The smallest absolute Gasteiger partial charge is 0.0971 e. The molecule has 1 N–H and O–H groups in total. The molecule has 0 radical (unpaired) electrons. The zero-order valence-corrected chi connectivity index (χ0v) is 11.8. The molecule has 2 aromatic rings. The minimum atomic E-state index is 0.488. The van der Waals surface area contributed by atoms with Gasteiger partial charge in [-0.2, -0.15) is 10.4 Å². The summed E-state index contributed by atoms with van der Waals surface area (Å²) in [4.78, 5) is 0. The SMILES string of the molecule is N#CCCn1nc(-c2ccc(Cl)cc2)c2c1CCNC2. The van der Waals surface area contributed by atoms with E-state index in [0.29, 0.717) is 13.0 Å². The van der Waals surface area contributed by atoms with Crippen molar-refractivity contribution >= 4 is 11.6 Å². The van der Waals surface area contributed by atoms with Crippen LogP contribution in [0.25, 0.3) is 11.3 Å². The molecule has 0 amide bonds. The molecular formula is C15H15ClN4. The third-order valence-electron chi connectivity index (χ3n) is 3.56. The summed E-state index contributed by atoms with van der Waals surface area (Å²) in [5, 5.41) is 17.6. The molecule has 102 valence electrons. The van der Waals surface area contributed by atoms with Gasteiger partial charge in [0.1, 0.15) is 0 Å². The summed E-state index contributed by atoms with van der Waals surface area (Å²) in [7, 11) is 0. The van der Waals surface area contributed by atoms with Crippen LogP contribution in [0.3, 0.4) is 0 Å². The molecule has 0 saturated carbocycles. The van der Waals surface area contributed by atoms with Crippen LogP contribution in [0.1, 0.15) is 17.7 Å². The van der Waals surface area contributed by atoms with Crippen molar-refractivity contribution in [1.29, 1.82) is 5.26 Å². The van der Waals surface area contributed by atoms with Gasteiger partial charge in [-0.25, -0.2) is 0 Å². The zero-order chi connectivity index (χ0) is 13.9. The van der Waals surface area contributed by atoms with E-state index in [1.54, 1.807) is 0 Å². The Morgan fingerprint density at radius 3 is 2.90 bits per heavy atom. The molecule has 1 aliphatic heterocycles. The van der Waals surface area contributed by atoms with Crippen molar-refractivity contribution in [2.24, 2.45) is 0 Å². The molecule has 0 aliphatic carbocycles. The van der Waals surface area contributed by atoms with Gasteiger partial charge in [-0.15, -0.1) is 0 Å². The van der Waals surface area contributed by atoms with E-state index in [-0.39, 0.29) is 0 Å². The van der Waals surface area contributed by atoms with Gasteiger partial charge < -0.3 is 5.32 Å². The Morgan fingerprint density at radius 2 is 2.15 bits per heavy atom. The predicted octanol–water partition coefficient (Wildman–Crippen LogP) is 2.76. The van der Waals surface area contributed by atoms with E-state index in [1.165, 1.54) is 11.3 Å². The summed E-state index contributed by atoms with van der Waals surface area (Å²) in [6, 6.07) is 9.94. The lowest BCUT2D eigenvalue weighted by Crippen LogP contribution is -2.25. The minimum Gasteiger partial charge on any atom is -0.312 e. The number of nitrogens with zero attached hydrogens (tertiary/aromatic N) is 3. The number of nitriles is 1. The number of aromatic nitrogens is 2. The highest BCUT2D eigenvalue weighted by atomic mass is 35.5. The van der Waals surface area contributed by atoms with Gasteiger partial charge in [0, 0.05) is 41.4 Å². The highest BCUT2D eigenvalue weighted by Gasteiger charge is 2.21. The fourth-order valence-corrected chi connectivity index (χ4v) is 2.73. The molecule has 0 spiro atoms. The van der Waals surface area contributed by atoms with Gasteiger partial charge in [0.25, 0.3) is 0 Å². The van der Waals surface area contributed by atoms with E-state index in [9.17, 15) is 0 Å². The largest absolute Gasteiger partial charge is 0.312 e. The number of hydrogen-bond acceptors (Lipinski definition) is 3. The van der Waals surface area contributed by atoms with Crippen molar-refractivity contribution in [3.05, 3.63) is 40.5 Å². The molecular weight excluding hydrogens is 272 g/mol. The molecule has 0 bridgehead atoms. The molecule has 0 atom stereocenters. The monoisotopic (exact) mass is 286 g/mol. The number of rotatable bonds is 3. The summed E-state index contributed by atoms with van der Waals surface area (Å²) in [6.45, 7) is 2.46. The van der Waals surface area contributed by atoms with E-state index in [0.717, 1.165) is 35.8 Å². The van der Waals surface area contributed by atoms with Gasteiger partial charge in [0.15, 0.2) is 0 Å². The van der Waals surface area contributed by atoms with Crippen LogP contribution in [0.5, 0.6) is 0 Å². The first-order valence-corrected chi connectivity index (χ1v) is 7.09. The lowest BCUT2D eigenvalue weighted by atomic mass is 10.0. The van der Waals surface area contributed by atoms with Gasteiger partial charge >= 0.3 is 0 Å². The molecule has 0 unspecified atom stereocenters. The molecule has 2 heterocycles. The number of nitrogens with one attached hydrogen (secondary N) is 1. The van der Waals surface area contributed by atoms with Gasteiger partial charge in [0.05, 0.1) is 24.7 Å². The summed E-state index contributed by atoms with van der Waals surface area (Å²) < 4.78 is 1.99. The lowest BCUT2D eigenvalue weighted by molar-refractivity contribution is 0.557. The summed E-state index contributed by atoms with van der Waals surface area (Å²) in [5.74, 6) is 0. The normalized spacial score (nSPS) is 13.8. The van der Waals surface area contributed by atoms with Crippen molar-refractivity contribution < 1.29 is 0 Å². The molecule has 1 aromatic heterocycles. The van der Waals surface area contributed by atoms with E-state index in [1.807, 2.05) is 28.9 Å². The molecule has 3 rings (SSSR count). The zero-order valence-electron chi connectivity index (χ0n) is 11.1. The minimum absolute atomic E-state index is 0.488. The van der Waals surface area contributed by atoms with Crippen LogP contribution in [-0.2, 0) is 19.5 Å². The number of aryl methyl sites for hydroxylation is 1. The summed E-state index contributed by atoms with van der Waals surface area (Å²) >= 11 is 5.94. The van der Waals surface area contributed by atoms with Crippen molar-refractivity contribution in [2.45, 2.75) is 25.9 Å². The Bertz CT molecular complexity index is 652. The van der Waals surface area contributed by atoms with Crippen LogP contribution in [0.2, 0.25) is 5.02 Å². The number of hydrogen-bond donors (Lipinski definition) is 1. The number of fused-ring (bicyclic) bond motifs is 1. The average Bonchev–Trinajstić information content (AvgIpc) is 2.85. The molecule has 1 aromatic carbocycles. The van der Waals surface area contributed by atoms with Gasteiger partial charge in [0.2, 0.25) is 0 Å². The quantitative estimate of drug-likeness (QED) is 0.944. The van der Waals surface area contributed by atoms with Crippen molar-refractivity contribution in [2.75, 3.05) is 6.54 Å². The predicted molar refractivity (Wildman–Crippen MR) is 78.3 cm³/mol. The van der Waals surface area contributed by atoms with Gasteiger partial charge in [-0.05, 0) is 12.1 Å². The van der Waals surface area contributed by atoms with Crippen LogP contribution in [0.4, 0.5) is 0 Å². The second kappa shape index (κ2) is 5.66. The maximum Gasteiger partial charge on any atom is 0.0971 e. The standard InChI is InChI=1S/C15H15ClN4/c16-12-4-2-11(3-5-12)15-13-10-18-8-6-14(13)20(19-15)9-1-7-17/h2-5,18H,1,6,8-10H2. The molecule has 1 aliphatic rings. The first-order chi connectivity index (χ1) is 9.79. The molecule has 0 saturated heterocycles. The summed E-state index contributed by atoms with van der Waals surface area (Å²) in [6.07, 6.45) is 1.45. The van der Waals surface area contributed by atoms with E-state index in [4.69, 9.17) is 22.0 Å². The first kappa shape index (κ1) is 13.2. The molecule has 20 heavy (non-hydrogen) atoms. The second-order valence-electron chi connectivity index (χ2n) is 4.84. The Kier molecular flexibility index (Phi) is 3.72. The Morgan fingerprint density at radius 1 is 1.35 bits per heavy atom. The average molecular weight is 287 g/mol. The fraction of sp³-hybridized carbons (Fsp3) is 0.333. The fourth-order valence-electron chi connectivity index (χ4n) is 2.60. The summed E-state index contributed by atoms with van der Waals surface area (Å²) in [5.41, 5.74) is 4.58. The van der Waals surface area contributed by atoms with Crippen LogP contribution < -0.4 is 5.32 Å². The van der Waals surface area contributed by atoms with Crippen LogP contribution in [0, 0.1) is 11.3 Å². The Labute approximate surface area is 123 Å². The molecule has 0 fully saturated rings. The Balaban J connectivity index is 2.04. The second-order valence-corrected chi connectivity index (χ2v) is 5.28. The van der Waals surface area contributed by atoms with E-state index < -0.39 is 0 Å². The maximum absolute atomic E-state index is 8.77. The highest BCUT2D eigenvalue weighted by Crippen LogP contribution is 2.28. The number of benzene rings is 1. The maximum atomic E-state index is 8.77. The lowest BCUT2D eigenvalue weighted by Gasteiger charge is -2.15. The van der Waals surface area contributed by atoms with Crippen LogP contribution >= 0.6 is 11.6 Å². The van der Waals surface area contributed by atoms with Crippen molar-refractivity contribution in [3.63, 3.8) is 0 Å². The van der Waals surface area contributed by atoms with Gasteiger partial charge in [-0.1, -0.05) is 23.7 Å². The van der Waals surface area contributed by atoms with E-state index in [2.05, 4.69) is 11.4 Å².